The molecule has 0 fully saturated rings. The van der Waals surface area contributed by atoms with Crippen molar-refractivity contribution in [1.29, 1.82) is 5.26 Å². The molecule has 0 aliphatic rings. The van der Waals surface area contributed by atoms with Crippen LogP contribution >= 0.6 is 23.4 Å². The Morgan fingerprint density at radius 1 is 1.02 bits per heavy atom. The van der Waals surface area contributed by atoms with Crippen molar-refractivity contribution >= 4 is 40.9 Å². The minimum Gasteiger partial charge on any atom is -0.493 e. The van der Waals surface area contributed by atoms with Gasteiger partial charge in [-0.05, 0) is 30.3 Å². The number of carbonyl (C=O) groups excluding carboxylic acids is 1. The zero-order chi connectivity index (χ0) is 28.6. The Morgan fingerprint density at radius 3 is 2.48 bits per heavy atom. The van der Waals surface area contributed by atoms with Crippen LogP contribution in [0.2, 0.25) is 5.02 Å². The molecule has 3 aromatic carbocycles. The van der Waals surface area contributed by atoms with Crippen LogP contribution in [0.3, 0.4) is 0 Å². The minimum absolute atomic E-state index is 0.0814. The van der Waals surface area contributed by atoms with Gasteiger partial charge in [-0.3, -0.25) is 4.79 Å². The number of carboxylic acid groups (broad SMARTS) is 1. The average molecular weight is 574 g/mol. The third kappa shape index (κ3) is 6.37. The number of methoxy groups -OCH3 is 2. The van der Waals surface area contributed by atoms with E-state index in [0.29, 0.717) is 50.3 Å². The minimum atomic E-state index is -1.19. The molecule has 0 radical (unpaired) electrons. The molecule has 0 bridgehead atoms. The van der Waals surface area contributed by atoms with E-state index < -0.39 is 5.97 Å². The fourth-order valence-electron chi connectivity index (χ4n) is 4.03. The summed E-state index contributed by atoms with van der Waals surface area (Å²) in [6.45, 7) is 0. The molecule has 40 heavy (non-hydrogen) atoms. The van der Waals surface area contributed by atoms with Crippen molar-refractivity contribution in [2.24, 2.45) is 0 Å². The van der Waals surface area contributed by atoms with Crippen LogP contribution in [-0.2, 0) is 4.79 Å². The molecule has 10 heteroatoms. The first kappa shape index (κ1) is 28.5. The highest BCUT2D eigenvalue weighted by Gasteiger charge is 2.21. The smallest absolute Gasteiger partial charge is 0.337 e. The van der Waals surface area contributed by atoms with Gasteiger partial charge in [0.05, 0.1) is 36.1 Å². The van der Waals surface area contributed by atoms with Gasteiger partial charge in [0, 0.05) is 34.6 Å². The lowest BCUT2D eigenvalue weighted by Crippen LogP contribution is -2.13. The number of rotatable bonds is 10. The summed E-state index contributed by atoms with van der Waals surface area (Å²) in [5, 5.41) is 22.7. The number of carboxylic acids is 1. The molecule has 4 rings (SSSR count). The Balaban J connectivity index is 1.64. The Hall–Kier alpha value is -4.52. The number of thioether (sulfide) groups is 1. The lowest BCUT2D eigenvalue weighted by Gasteiger charge is -2.16. The number of aromatic carboxylic acids is 1. The lowest BCUT2D eigenvalue weighted by atomic mass is 9.98. The maximum absolute atomic E-state index is 12.6. The van der Waals surface area contributed by atoms with Crippen molar-refractivity contribution in [1.82, 2.24) is 4.98 Å². The fourth-order valence-corrected chi connectivity index (χ4v) is 5.18. The van der Waals surface area contributed by atoms with Crippen LogP contribution in [0.5, 0.6) is 11.5 Å². The Labute approximate surface area is 240 Å². The summed E-state index contributed by atoms with van der Waals surface area (Å²) in [7, 11) is 3.09. The summed E-state index contributed by atoms with van der Waals surface area (Å²) in [6.07, 6.45) is 0.0929. The molecule has 1 amide bonds. The highest BCUT2D eigenvalue weighted by molar-refractivity contribution is 7.99. The van der Waals surface area contributed by atoms with E-state index in [1.54, 1.807) is 20.3 Å². The van der Waals surface area contributed by atoms with Gasteiger partial charge in [0.1, 0.15) is 11.1 Å². The highest BCUT2D eigenvalue weighted by Crippen LogP contribution is 2.42. The number of hydrogen-bond acceptors (Lipinski definition) is 7. The van der Waals surface area contributed by atoms with Crippen molar-refractivity contribution in [2.75, 3.05) is 25.3 Å². The Bertz CT molecular complexity index is 1610. The number of para-hydroxylation sites is 1. The molecular formula is C30H24ClN3O5S. The summed E-state index contributed by atoms with van der Waals surface area (Å²) < 4.78 is 11.1. The number of nitrogens with zero attached hydrogens (tertiary/aromatic N) is 2. The third-order valence-corrected chi connectivity index (χ3v) is 7.22. The topological polar surface area (TPSA) is 122 Å². The van der Waals surface area contributed by atoms with Crippen LogP contribution < -0.4 is 14.8 Å². The van der Waals surface area contributed by atoms with E-state index in [1.807, 2.05) is 48.5 Å². The second-order valence-electron chi connectivity index (χ2n) is 8.40. The van der Waals surface area contributed by atoms with Crippen molar-refractivity contribution in [3.8, 4) is 40.0 Å². The summed E-state index contributed by atoms with van der Waals surface area (Å²) in [5.74, 6) is -0.168. The number of nitriles is 1. The number of anilines is 1. The van der Waals surface area contributed by atoms with Gasteiger partial charge in [0.15, 0.2) is 11.5 Å². The molecule has 8 nitrogen and oxygen atoms in total. The summed E-state index contributed by atoms with van der Waals surface area (Å²) >= 11 is 7.19. The molecule has 0 unspecified atom stereocenters. The molecule has 0 saturated carbocycles. The normalized spacial score (nSPS) is 10.4. The van der Waals surface area contributed by atoms with Crippen molar-refractivity contribution in [2.45, 2.75) is 11.4 Å². The van der Waals surface area contributed by atoms with Gasteiger partial charge in [-0.1, -0.05) is 54.1 Å². The first-order valence-corrected chi connectivity index (χ1v) is 13.4. The summed E-state index contributed by atoms with van der Waals surface area (Å²) in [5.41, 5.74) is 3.40. The molecule has 0 saturated heterocycles. The van der Waals surface area contributed by atoms with E-state index >= 15 is 0 Å². The quantitative estimate of drug-likeness (QED) is 0.199. The number of hydrogen-bond donors (Lipinski definition) is 2. The predicted molar refractivity (Wildman–Crippen MR) is 155 cm³/mol. The second-order valence-corrected chi connectivity index (χ2v) is 9.89. The molecule has 0 aliphatic carbocycles. The zero-order valence-electron chi connectivity index (χ0n) is 21.6. The van der Waals surface area contributed by atoms with Crippen LogP contribution in [-0.4, -0.2) is 41.9 Å². The molecule has 1 aromatic heterocycles. The van der Waals surface area contributed by atoms with Crippen LogP contribution in [0.15, 0.2) is 77.8 Å². The zero-order valence-corrected chi connectivity index (χ0v) is 23.2. The number of ether oxygens (including phenoxy) is 2. The molecular weight excluding hydrogens is 550 g/mol. The monoisotopic (exact) mass is 573 g/mol. The summed E-state index contributed by atoms with van der Waals surface area (Å²) in [4.78, 5) is 28.7. The van der Waals surface area contributed by atoms with Gasteiger partial charge in [-0.2, -0.15) is 5.26 Å². The second kappa shape index (κ2) is 13.0. The van der Waals surface area contributed by atoms with E-state index in [-0.39, 0.29) is 22.9 Å². The molecule has 202 valence electrons. The predicted octanol–water partition coefficient (Wildman–Crippen LogP) is 6.78. The molecule has 0 aliphatic heterocycles. The number of aromatic nitrogens is 1. The standard InChI is InChI=1S/C30H24ClN3O5S/c1-38-26-10-6-9-20(28(26)39-2)21-16-25(18-7-4-3-5-8-18)34-29(23(21)17-32)40-14-13-27(35)33-19-11-12-24(31)22(15-19)30(36)37/h3-12,15-16H,13-14H2,1-2H3,(H,33,35)(H,36,37). The van der Waals surface area contributed by atoms with Gasteiger partial charge in [0.2, 0.25) is 5.91 Å². The van der Waals surface area contributed by atoms with Crippen molar-refractivity contribution in [3.05, 3.63) is 88.9 Å². The number of halogens is 1. The van der Waals surface area contributed by atoms with Gasteiger partial charge >= 0.3 is 5.97 Å². The van der Waals surface area contributed by atoms with E-state index in [9.17, 15) is 20.0 Å². The fraction of sp³-hybridized carbons (Fsp3) is 0.133. The van der Waals surface area contributed by atoms with E-state index in [2.05, 4.69) is 11.4 Å². The first-order chi connectivity index (χ1) is 19.4. The number of benzene rings is 3. The van der Waals surface area contributed by atoms with Crippen LogP contribution in [0.25, 0.3) is 22.4 Å². The summed E-state index contributed by atoms with van der Waals surface area (Å²) in [6, 6.07) is 23.4. The Morgan fingerprint density at radius 2 is 1.80 bits per heavy atom. The maximum atomic E-state index is 12.6. The van der Waals surface area contributed by atoms with Gasteiger partial charge in [-0.25, -0.2) is 9.78 Å². The lowest BCUT2D eigenvalue weighted by molar-refractivity contribution is -0.115. The van der Waals surface area contributed by atoms with Crippen LogP contribution in [0.4, 0.5) is 5.69 Å². The number of carbonyl (C=O) groups is 2. The largest absolute Gasteiger partial charge is 0.493 e. The Kier molecular flexibility index (Phi) is 9.27. The van der Waals surface area contributed by atoms with Crippen molar-refractivity contribution in [3.63, 3.8) is 0 Å². The van der Waals surface area contributed by atoms with Gasteiger partial charge in [0.25, 0.3) is 0 Å². The average Bonchev–Trinajstić information content (AvgIpc) is 2.97. The molecule has 0 atom stereocenters. The number of pyridine rings is 1. The number of amides is 1. The van der Waals surface area contributed by atoms with Crippen LogP contribution in [0.1, 0.15) is 22.3 Å². The number of nitrogens with one attached hydrogen (secondary N) is 1. The SMILES string of the molecule is COc1cccc(-c2cc(-c3ccccc3)nc(SCCC(=O)Nc3ccc(Cl)c(C(=O)O)c3)c2C#N)c1OC. The third-order valence-electron chi connectivity index (χ3n) is 5.91. The van der Waals surface area contributed by atoms with Crippen LogP contribution in [0, 0.1) is 11.3 Å². The van der Waals surface area contributed by atoms with Gasteiger partial charge in [-0.15, -0.1) is 11.8 Å². The molecule has 2 N–H and O–H groups in total. The maximum Gasteiger partial charge on any atom is 0.337 e. The highest BCUT2D eigenvalue weighted by atomic mass is 35.5. The van der Waals surface area contributed by atoms with Gasteiger partial charge < -0.3 is 19.9 Å². The molecule has 4 aromatic rings. The van der Waals surface area contributed by atoms with E-state index in [0.717, 1.165) is 5.56 Å². The molecule has 0 spiro atoms. The van der Waals surface area contributed by atoms with E-state index in [4.69, 9.17) is 26.1 Å². The first-order valence-electron chi connectivity index (χ1n) is 12.0. The molecule has 1 heterocycles. The van der Waals surface area contributed by atoms with Crippen molar-refractivity contribution < 1.29 is 24.2 Å². The van der Waals surface area contributed by atoms with E-state index in [1.165, 1.54) is 30.0 Å².